The maximum absolute atomic E-state index is 4.68. The Morgan fingerprint density at radius 1 is 1.29 bits per heavy atom. The summed E-state index contributed by atoms with van der Waals surface area (Å²) in [6.07, 6.45) is 6.86. The Labute approximate surface area is 161 Å². The van der Waals surface area contributed by atoms with Crippen LogP contribution >= 0.6 is 24.0 Å². The van der Waals surface area contributed by atoms with Gasteiger partial charge in [-0.1, -0.05) is 31.2 Å². The number of hydrogen-bond donors (Lipinski definition) is 2. The Hall–Kier alpha value is -1.57. The van der Waals surface area contributed by atoms with Gasteiger partial charge in [-0.3, -0.25) is 0 Å². The molecule has 0 radical (unpaired) electrons. The van der Waals surface area contributed by atoms with Gasteiger partial charge in [0.1, 0.15) is 0 Å². The van der Waals surface area contributed by atoms with E-state index in [-0.39, 0.29) is 24.0 Å². The molecule has 1 aromatic heterocycles. The van der Waals surface area contributed by atoms with Gasteiger partial charge in [0, 0.05) is 31.5 Å². The summed E-state index contributed by atoms with van der Waals surface area (Å²) in [6.45, 7) is 6.80. The zero-order valence-electron chi connectivity index (χ0n) is 14.3. The van der Waals surface area contributed by atoms with Crippen molar-refractivity contribution in [1.29, 1.82) is 0 Å². The van der Waals surface area contributed by atoms with Gasteiger partial charge in [0.2, 0.25) is 0 Å². The molecule has 5 nitrogen and oxygen atoms in total. The molecule has 1 aromatic carbocycles. The van der Waals surface area contributed by atoms with E-state index >= 15 is 0 Å². The molecule has 1 aliphatic rings. The van der Waals surface area contributed by atoms with Crippen molar-refractivity contribution in [2.45, 2.75) is 39.4 Å². The average Bonchev–Trinajstić information content (AvgIpc) is 3.01. The molecule has 1 fully saturated rings. The van der Waals surface area contributed by atoms with E-state index in [0.29, 0.717) is 12.6 Å². The molecule has 0 bridgehead atoms. The van der Waals surface area contributed by atoms with Crippen LogP contribution in [0.2, 0.25) is 0 Å². The number of imidazole rings is 1. The highest BCUT2D eigenvalue weighted by molar-refractivity contribution is 14.0. The fraction of sp³-hybridized carbons (Fsp3) is 0.444. The number of halogens is 1. The van der Waals surface area contributed by atoms with Crippen molar-refractivity contribution in [3.8, 4) is 0 Å². The zero-order valence-corrected chi connectivity index (χ0v) is 16.6. The summed E-state index contributed by atoms with van der Waals surface area (Å²) < 4.78 is 2.07. The average molecular weight is 439 g/mol. The number of rotatable bonds is 6. The molecule has 0 aliphatic heterocycles. The van der Waals surface area contributed by atoms with E-state index in [4.69, 9.17) is 0 Å². The van der Waals surface area contributed by atoms with Crippen molar-refractivity contribution < 1.29 is 0 Å². The highest BCUT2D eigenvalue weighted by atomic mass is 127. The van der Waals surface area contributed by atoms with E-state index < -0.39 is 0 Å². The highest BCUT2D eigenvalue weighted by Crippen LogP contribution is 2.28. The Balaban J connectivity index is 0.00000208. The molecule has 1 saturated carbocycles. The molecule has 1 aliphatic carbocycles. The van der Waals surface area contributed by atoms with Gasteiger partial charge in [0.15, 0.2) is 5.96 Å². The quantitative estimate of drug-likeness (QED) is 0.414. The van der Waals surface area contributed by atoms with Gasteiger partial charge in [0.05, 0.1) is 12.9 Å². The number of nitrogens with one attached hydrogen (secondary N) is 2. The summed E-state index contributed by atoms with van der Waals surface area (Å²) in [5.74, 6) is 1.69. The summed E-state index contributed by atoms with van der Waals surface area (Å²) in [4.78, 5) is 8.75. The molecular formula is C18H26IN5. The second-order valence-electron chi connectivity index (χ2n) is 6.21. The maximum Gasteiger partial charge on any atom is 0.191 e. The topological polar surface area (TPSA) is 54.2 Å². The van der Waals surface area contributed by atoms with E-state index in [9.17, 15) is 0 Å². The van der Waals surface area contributed by atoms with Crippen LogP contribution < -0.4 is 10.6 Å². The van der Waals surface area contributed by atoms with E-state index in [0.717, 1.165) is 25.0 Å². The summed E-state index contributed by atoms with van der Waals surface area (Å²) in [5.41, 5.74) is 2.49. The molecule has 0 spiro atoms. The minimum absolute atomic E-state index is 0. The second-order valence-corrected chi connectivity index (χ2v) is 6.21. The van der Waals surface area contributed by atoms with Crippen molar-refractivity contribution in [2.24, 2.45) is 10.9 Å². The molecule has 1 heterocycles. The maximum atomic E-state index is 4.68. The van der Waals surface area contributed by atoms with Crippen molar-refractivity contribution in [1.82, 2.24) is 20.2 Å². The number of hydrogen-bond acceptors (Lipinski definition) is 2. The summed E-state index contributed by atoms with van der Waals surface area (Å²) in [7, 11) is 0. The highest BCUT2D eigenvalue weighted by Gasteiger charge is 2.33. The van der Waals surface area contributed by atoms with Crippen molar-refractivity contribution in [3.63, 3.8) is 0 Å². The Kier molecular flexibility index (Phi) is 7.08. The van der Waals surface area contributed by atoms with Gasteiger partial charge < -0.3 is 15.2 Å². The number of benzene rings is 1. The van der Waals surface area contributed by atoms with Crippen molar-refractivity contribution >= 4 is 29.9 Å². The molecular weight excluding hydrogens is 413 g/mol. The monoisotopic (exact) mass is 439 g/mol. The normalized spacial score (nSPS) is 19.5. The second kappa shape index (κ2) is 9.05. The van der Waals surface area contributed by atoms with Crippen LogP contribution in [0.25, 0.3) is 0 Å². The molecule has 0 amide bonds. The lowest BCUT2D eigenvalue weighted by molar-refractivity contribution is 0.766. The smallest absolute Gasteiger partial charge is 0.191 e. The fourth-order valence-corrected chi connectivity index (χ4v) is 2.53. The number of aromatic nitrogens is 2. The van der Waals surface area contributed by atoms with E-state index in [2.05, 4.69) is 63.3 Å². The molecule has 3 rings (SSSR count). The predicted molar refractivity (Wildman–Crippen MR) is 109 cm³/mol. The zero-order chi connectivity index (χ0) is 16.1. The molecule has 2 atom stereocenters. The standard InChI is InChI=1S/C18H25N5.HI/c1-3-20-18(22-17-10-14(17)2)21-11-15-4-6-16(7-5-15)12-23-9-8-19-13-23;/h4-9,13-14,17H,3,10-12H2,1-2H3,(H2,20,21,22);1H. The van der Waals surface area contributed by atoms with Crippen LogP contribution in [0.15, 0.2) is 48.0 Å². The Morgan fingerprint density at radius 3 is 2.58 bits per heavy atom. The van der Waals surface area contributed by atoms with Crippen molar-refractivity contribution in [2.75, 3.05) is 6.54 Å². The van der Waals surface area contributed by atoms with E-state index in [1.165, 1.54) is 17.5 Å². The van der Waals surface area contributed by atoms with Crippen LogP contribution in [0, 0.1) is 5.92 Å². The minimum atomic E-state index is 0. The third-order valence-electron chi connectivity index (χ3n) is 4.14. The fourth-order valence-electron chi connectivity index (χ4n) is 2.53. The van der Waals surface area contributed by atoms with Crippen LogP contribution in [-0.4, -0.2) is 28.1 Å². The molecule has 2 N–H and O–H groups in total. The van der Waals surface area contributed by atoms with Gasteiger partial charge in [-0.15, -0.1) is 24.0 Å². The minimum Gasteiger partial charge on any atom is -0.357 e. The van der Waals surface area contributed by atoms with Gasteiger partial charge in [-0.25, -0.2) is 9.98 Å². The Bertz CT molecular complexity index is 636. The van der Waals surface area contributed by atoms with Gasteiger partial charge >= 0.3 is 0 Å². The van der Waals surface area contributed by atoms with Gasteiger partial charge in [-0.05, 0) is 30.4 Å². The van der Waals surface area contributed by atoms with Crippen LogP contribution in [0.1, 0.15) is 31.4 Å². The number of aliphatic imine (C=N–C) groups is 1. The lowest BCUT2D eigenvalue weighted by atomic mass is 10.1. The van der Waals surface area contributed by atoms with Crippen LogP contribution in [0.5, 0.6) is 0 Å². The molecule has 0 saturated heterocycles. The number of guanidine groups is 1. The lowest BCUT2D eigenvalue weighted by Gasteiger charge is -2.11. The largest absolute Gasteiger partial charge is 0.357 e. The molecule has 2 aromatic rings. The number of nitrogens with zero attached hydrogens (tertiary/aromatic N) is 3. The first-order valence-corrected chi connectivity index (χ1v) is 8.33. The third kappa shape index (κ3) is 5.51. The lowest BCUT2D eigenvalue weighted by Crippen LogP contribution is -2.39. The molecule has 2 unspecified atom stereocenters. The first-order chi connectivity index (χ1) is 11.2. The first-order valence-electron chi connectivity index (χ1n) is 8.33. The first kappa shape index (κ1) is 18.8. The van der Waals surface area contributed by atoms with Crippen LogP contribution in [0.3, 0.4) is 0 Å². The summed E-state index contributed by atoms with van der Waals surface area (Å²) in [5, 5.41) is 6.80. The molecule has 130 valence electrons. The molecule has 6 heteroatoms. The Morgan fingerprint density at radius 2 is 2.00 bits per heavy atom. The van der Waals surface area contributed by atoms with Crippen LogP contribution in [-0.2, 0) is 13.1 Å². The molecule has 24 heavy (non-hydrogen) atoms. The SMILES string of the molecule is CCNC(=NCc1ccc(Cn2ccnc2)cc1)NC1CC1C.I. The summed E-state index contributed by atoms with van der Waals surface area (Å²) in [6, 6.07) is 9.21. The van der Waals surface area contributed by atoms with E-state index in [1.807, 2.05) is 12.5 Å². The van der Waals surface area contributed by atoms with Gasteiger partial charge in [0.25, 0.3) is 0 Å². The third-order valence-corrected chi connectivity index (χ3v) is 4.14. The van der Waals surface area contributed by atoms with E-state index in [1.54, 1.807) is 6.20 Å². The summed E-state index contributed by atoms with van der Waals surface area (Å²) >= 11 is 0. The predicted octanol–water partition coefficient (Wildman–Crippen LogP) is 3.01. The van der Waals surface area contributed by atoms with Crippen molar-refractivity contribution in [3.05, 3.63) is 54.1 Å². The van der Waals surface area contributed by atoms with Crippen LogP contribution in [0.4, 0.5) is 0 Å². The van der Waals surface area contributed by atoms with Gasteiger partial charge in [-0.2, -0.15) is 0 Å².